The van der Waals surface area contributed by atoms with E-state index in [0.29, 0.717) is 39.0 Å². The maximum Gasteiger partial charge on any atom is 0.272 e. The number of halogens is 1. The van der Waals surface area contributed by atoms with Gasteiger partial charge in [0.25, 0.3) is 15.9 Å². The first-order valence-electron chi connectivity index (χ1n) is 10.5. The first-order valence-corrected chi connectivity index (χ1v) is 12.4. The lowest BCUT2D eigenvalue weighted by Crippen LogP contribution is -2.16. The first-order chi connectivity index (χ1) is 17.1. The third-order valence-electron chi connectivity index (χ3n) is 5.60. The summed E-state index contributed by atoms with van der Waals surface area (Å²) in [5.74, 6) is 0.157. The van der Waals surface area contributed by atoms with Gasteiger partial charge in [-0.1, -0.05) is 22.8 Å². The van der Waals surface area contributed by atoms with Crippen molar-refractivity contribution < 1.29 is 17.7 Å². The Morgan fingerprint density at radius 1 is 1.14 bits per heavy atom. The number of benzene rings is 2. The highest BCUT2D eigenvalue weighted by atomic mass is 35.5. The number of carbonyl (C=O) groups is 1. The summed E-state index contributed by atoms with van der Waals surface area (Å²) in [6, 6.07) is 11.6. The van der Waals surface area contributed by atoms with Crippen LogP contribution in [0, 0.1) is 13.8 Å². The molecule has 0 aliphatic rings. The second kappa shape index (κ2) is 8.77. The van der Waals surface area contributed by atoms with E-state index in [2.05, 4.69) is 35.8 Å². The molecule has 36 heavy (non-hydrogen) atoms. The largest absolute Gasteiger partial charge is 0.360 e. The zero-order chi connectivity index (χ0) is 25.6. The van der Waals surface area contributed by atoms with Crippen LogP contribution in [0.5, 0.6) is 0 Å². The molecule has 5 rings (SSSR count). The Hall–Kier alpha value is -4.23. The van der Waals surface area contributed by atoms with Crippen LogP contribution in [0.4, 0.5) is 11.4 Å². The minimum atomic E-state index is -3.92. The van der Waals surface area contributed by atoms with Crippen LogP contribution in [-0.4, -0.2) is 44.7 Å². The number of anilines is 2. The highest BCUT2D eigenvalue weighted by Gasteiger charge is 2.25. The van der Waals surface area contributed by atoms with E-state index >= 15 is 0 Å². The molecule has 0 fully saturated rings. The van der Waals surface area contributed by atoms with Gasteiger partial charge in [-0.2, -0.15) is 0 Å². The van der Waals surface area contributed by atoms with Crippen molar-refractivity contribution in [3.63, 3.8) is 0 Å². The number of amides is 1. The van der Waals surface area contributed by atoms with Gasteiger partial charge in [-0.3, -0.25) is 9.52 Å². The van der Waals surface area contributed by atoms with Crippen LogP contribution in [0.25, 0.3) is 22.3 Å². The molecular formula is C22H19ClN8O4S. The fourth-order valence-corrected chi connectivity index (χ4v) is 5.51. The Labute approximate surface area is 209 Å². The van der Waals surface area contributed by atoms with Crippen molar-refractivity contribution in [1.82, 2.24) is 30.3 Å². The van der Waals surface area contributed by atoms with Crippen molar-refractivity contribution in [2.75, 3.05) is 10.0 Å². The second-order valence-electron chi connectivity index (χ2n) is 8.01. The van der Waals surface area contributed by atoms with Crippen LogP contribution in [0.2, 0.25) is 5.02 Å². The summed E-state index contributed by atoms with van der Waals surface area (Å²) in [6.45, 7) is 3.09. The van der Waals surface area contributed by atoms with E-state index < -0.39 is 10.0 Å². The molecule has 0 aliphatic carbocycles. The van der Waals surface area contributed by atoms with Crippen molar-refractivity contribution in [1.29, 1.82) is 0 Å². The number of hydrogen-bond donors (Lipinski definition) is 3. The van der Waals surface area contributed by atoms with Gasteiger partial charge >= 0.3 is 0 Å². The van der Waals surface area contributed by atoms with E-state index in [1.54, 1.807) is 61.0 Å². The number of rotatable bonds is 6. The molecule has 0 aliphatic heterocycles. The average Bonchev–Trinajstić information content (AvgIpc) is 3.55. The number of nitrogens with zero attached hydrogens (tertiary/aromatic N) is 5. The Balaban J connectivity index is 1.45. The summed E-state index contributed by atoms with van der Waals surface area (Å²) in [4.78, 5) is 13.2. The molecule has 0 spiro atoms. The van der Waals surface area contributed by atoms with Crippen LogP contribution in [0.3, 0.4) is 0 Å². The minimum Gasteiger partial charge on any atom is -0.360 e. The highest BCUT2D eigenvalue weighted by molar-refractivity contribution is 7.92. The van der Waals surface area contributed by atoms with E-state index in [0.717, 1.165) is 5.39 Å². The van der Waals surface area contributed by atoms with Crippen LogP contribution in [-0.2, 0) is 17.1 Å². The van der Waals surface area contributed by atoms with Gasteiger partial charge in [0.15, 0.2) is 16.5 Å². The van der Waals surface area contributed by atoms with E-state index in [4.69, 9.17) is 16.1 Å². The molecule has 12 nitrogen and oxygen atoms in total. The van der Waals surface area contributed by atoms with Gasteiger partial charge < -0.3 is 14.4 Å². The van der Waals surface area contributed by atoms with E-state index in [9.17, 15) is 13.2 Å². The molecule has 1 amide bonds. The normalized spacial score (nSPS) is 11.7. The number of hydrogen-bond acceptors (Lipinski definition) is 8. The molecule has 3 N–H and O–H groups in total. The first kappa shape index (κ1) is 23.5. The number of aromatic nitrogens is 6. The second-order valence-corrected chi connectivity index (χ2v) is 10.1. The third kappa shape index (κ3) is 4.18. The van der Waals surface area contributed by atoms with Gasteiger partial charge in [-0.25, -0.2) is 13.5 Å². The molecule has 0 radical (unpaired) electrons. The molecule has 3 heterocycles. The Kier molecular flexibility index (Phi) is 5.73. The van der Waals surface area contributed by atoms with Crippen molar-refractivity contribution in [2.24, 2.45) is 7.05 Å². The van der Waals surface area contributed by atoms with Crippen LogP contribution in [0.1, 0.15) is 21.9 Å². The number of tetrazole rings is 1. The lowest BCUT2D eigenvalue weighted by atomic mass is 10.1. The highest BCUT2D eigenvalue weighted by Crippen LogP contribution is 2.30. The molecule has 184 valence electrons. The van der Waals surface area contributed by atoms with Crippen molar-refractivity contribution in [2.45, 2.75) is 18.7 Å². The maximum atomic E-state index is 13.2. The summed E-state index contributed by atoms with van der Waals surface area (Å²) in [5, 5.41) is 21.5. The zero-order valence-electron chi connectivity index (χ0n) is 19.2. The van der Waals surface area contributed by atoms with Crippen molar-refractivity contribution in [3.05, 3.63) is 64.6 Å². The Bertz CT molecular complexity index is 1700. The number of sulfonamides is 1. The van der Waals surface area contributed by atoms with E-state index in [1.165, 1.54) is 6.92 Å². The molecule has 0 atom stereocenters. The fourth-order valence-electron chi connectivity index (χ4n) is 3.96. The van der Waals surface area contributed by atoms with Crippen LogP contribution in [0.15, 0.2) is 51.9 Å². The van der Waals surface area contributed by atoms with Crippen molar-refractivity contribution >= 4 is 49.8 Å². The summed E-state index contributed by atoms with van der Waals surface area (Å²) in [7, 11) is -2.20. The number of fused-ring (bicyclic) bond motifs is 1. The predicted octanol–water partition coefficient (Wildman–Crippen LogP) is 3.67. The van der Waals surface area contributed by atoms with Gasteiger partial charge in [0.2, 0.25) is 0 Å². The molecule has 2 aromatic carbocycles. The summed E-state index contributed by atoms with van der Waals surface area (Å²) in [6.07, 6.45) is 0. The SMILES string of the molecule is Cc1noc(C)c1S(=O)(=O)Nc1ccc2cc(C(=O)Nc3ccc(Cl)cc3-c3nnn[nH]3)n(C)c2c1. The van der Waals surface area contributed by atoms with Gasteiger partial charge in [0.05, 0.1) is 16.9 Å². The molecule has 14 heteroatoms. The topological polar surface area (TPSA) is 161 Å². The van der Waals surface area contributed by atoms with Gasteiger partial charge in [-0.05, 0) is 60.7 Å². The fraction of sp³-hybridized carbons (Fsp3) is 0.136. The predicted molar refractivity (Wildman–Crippen MR) is 132 cm³/mol. The molecule has 0 saturated heterocycles. The quantitative estimate of drug-likeness (QED) is 0.302. The summed E-state index contributed by atoms with van der Waals surface area (Å²) in [5.41, 5.74) is 2.58. The van der Waals surface area contributed by atoms with Gasteiger partial charge in [-0.15, -0.1) is 5.10 Å². The number of H-pyrrole nitrogens is 1. The summed E-state index contributed by atoms with van der Waals surface area (Å²) >= 11 is 6.12. The Morgan fingerprint density at radius 2 is 1.94 bits per heavy atom. The monoisotopic (exact) mass is 526 g/mol. The molecule has 0 unspecified atom stereocenters. The Morgan fingerprint density at radius 3 is 2.64 bits per heavy atom. The summed E-state index contributed by atoms with van der Waals surface area (Å²) < 4.78 is 35.0. The van der Waals surface area contributed by atoms with E-state index in [1.807, 2.05) is 0 Å². The number of nitrogens with one attached hydrogen (secondary N) is 3. The van der Waals surface area contributed by atoms with Gasteiger partial charge in [0.1, 0.15) is 11.4 Å². The van der Waals surface area contributed by atoms with Crippen LogP contribution < -0.4 is 10.0 Å². The van der Waals surface area contributed by atoms with Gasteiger partial charge in [0, 0.05) is 23.0 Å². The molecular weight excluding hydrogens is 508 g/mol. The smallest absolute Gasteiger partial charge is 0.272 e. The zero-order valence-corrected chi connectivity index (χ0v) is 20.8. The molecule has 0 saturated carbocycles. The average molecular weight is 527 g/mol. The molecule has 5 aromatic rings. The maximum absolute atomic E-state index is 13.2. The minimum absolute atomic E-state index is 0.00438. The van der Waals surface area contributed by atoms with Crippen molar-refractivity contribution in [3.8, 4) is 11.4 Å². The standard InChI is InChI=1S/C22H19ClN8O4S/c1-11-20(12(2)35-27-11)36(33,34)28-15-6-4-13-8-19(31(3)18(13)10-15)22(32)24-17-7-5-14(23)9-16(17)21-25-29-30-26-21/h4-10,28H,1-3H3,(H,24,32)(H,25,26,29,30). The number of carbonyl (C=O) groups excluding carboxylic acids is 1. The van der Waals surface area contributed by atoms with E-state index in [-0.39, 0.29) is 22.3 Å². The lowest BCUT2D eigenvalue weighted by Gasteiger charge is -2.11. The third-order valence-corrected chi connectivity index (χ3v) is 7.46. The molecule has 3 aromatic heterocycles. The lowest BCUT2D eigenvalue weighted by molar-refractivity contribution is 0.101. The molecule has 0 bridgehead atoms. The van der Waals surface area contributed by atoms with Crippen LogP contribution >= 0.6 is 11.6 Å². The number of aryl methyl sites for hydroxylation is 3. The number of aromatic amines is 1.